The maximum Gasteiger partial charge on any atom is 0.249 e. The smallest absolute Gasteiger partial charge is 0.249 e. The van der Waals surface area contributed by atoms with Crippen molar-refractivity contribution in [3.63, 3.8) is 0 Å². The largest absolute Gasteiger partial charge is 0.372 e. The monoisotopic (exact) mass is 342 g/mol. The summed E-state index contributed by atoms with van der Waals surface area (Å²) in [6.07, 6.45) is 5.70. The molecule has 3 aliphatic rings. The molecule has 2 heterocycles. The molecule has 25 heavy (non-hydrogen) atoms. The van der Waals surface area contributed by atoms with E-state index in [4.69, 9.17) is 4.74 Å². The van der Waals surface area contributed by atoms with Crippen LogP contribution in [0.3, 0.4) is 0 Å². The zero-order valence-electron chi connectivity index (χ0n) is 15.4. The molecule has 0 spiro atoms. The van der Waals surface area contributed by atoms with Crippen LogP contribution in [0.25, 0.3) is 0 Å². The van der Waals surface area contributed by atoms with Crippen LogP contribution in [0.2, 0.25) is 0 Å². The molecule has 2 saturated heterocycles. The highest BCUT2D eigenvalue weighted by Crippen LogP contribution is 2.53. The molecular formula is C21H30N2O2. The average molecular weight is 342 g/mol. The van der Waals surface area contributed by atoms with Gasteiger partial charge in [-0.15, -0.1) is 0 Å². The van der Waals surface area contributed by atoms with Crippen molar-refractivity contribution in [2.45, 2.75) is 70.1 Å². The number of likely N-dealkylation sites (tertiary alicyclic amines) is 1. The molecule has 4 heteroatoms. The van der Waals surface area contributed by atoms with Crippen LogP contribution in [0.5, 0.6) is 0 Å². The summed E-state index contributed by atoms with van der Waals surface area (Å²) in [6, 6.07) is 12.2. The summed E-state index contributed by atoms with van der Waals surface area (Å²) < 4.78 is 5.47. The minimum Gasteiger partial charge on any atom is -0.372 e. The molecule has 1 aromatic carbocycles. The first kappa shape index (κ1) is 17.0. The van der Waals surface area contributed by atoms with E-state index in [0.29, 0.717) is 24.7 Å². The Morgan fingerprint density at radius 2 is 2.12 bits per heavy atom. The van der Waals surface area contributed by atoms with Gasteiger partial charge in [-0.2, -0.15) is 0 Å². The Morgan fingerprint density at radius 3 is 2.88 bits per heavy atom. The van der Waals surface area contributed by atoms with Gasteiger partial charge in [0.05, 0.1) is 0 Å². The fourth-order valence-electron chi connectivity index (χ4n) is 5.59. The van der Waals surface area contributed by atoms with E-state index in [-0.39, 0.29) is 24.0 Å². The highest BCUT2D eigenvalue weighted by Gasteiger charge is 2.60. The van der Waals surface area contributed by atoms with Crippen molar-refractivity contribution in [1.82, 2.24) is 10.2 Å². The van der Waals surface area contributed by atoms with Crippen molar-refractivity contribution in [3.8, 4) is 0 Å². The van der Waals surface area contributed by atoms with Gasteiger partial charge in [-0.3, -0.25) is 4.79 Å². The van der Waals surface area contributed by atoms with E-state index in [2.05, 4.69) is 47.5 Å². The number of hydrogen-bond donors (Lipinski definition) is 1. The molecular weight excluding hydrogens is 312 g/mol. The number of carbonyl (C=O) groups is 1. The number of rotatable bonds is 5. The van der Waals surface area contributed by atoms with Crippen LogP contribution in [-0.2, 0) is 16.0 Å². The first-order valence-corrected chi connectivity index (χ1v) is 9.82. The zero-order chi connectivity index (χ0) is 17.4. The van der Waals surface area contributed by atoms with Crippen molar-refractivity contribution in [3.05, 3.63) is 35.9 Å². The fourth-order valence-corrected chi connectivity index (χ4v) is 5.59. The van der Waals surface area contributed by atoms with E-state index in [0.717, 1.165) is 19.3 Å². The molecule has 3 fully saturated rings. The second-order valence-electron chi connectivity index (χ2n) is 8.18. The minimum absolute atomic E-state index is 0.183. The van der Waals surface area contributed by atoms with Crippen LogP contribution in [0, 0.1) is 5.41 Å². The molecule has 0 radical (unpaired) electrons. The third kappa shape index (κ3) is 2.89. The Balaban J connectivity index is 1.61. The predicted octanol–water partition coefficient (Wildman–Crippen LogP) is 2.77. The predicted molar refractivity (Wildman–Crippen MR) is 98.3 cm³/mol. The summed E-state index contributed by atoms with van der Waals surface area (Å²) in [5.41, 5.74) is 1.57. The van der Waals surface area contributed by atoms with E-state index in [9.17, 15) is 4.79 Å². The molecule has 1 aliphatic carbocycles. The van der Waals surface area contributed by atoms with Gasteiger partial charge in [-0.1, -0.05) is 37.3 Å². The number of nitrogens with one attached hydrogen (secondary N) is 1. The van der Waals surface area contributed by atoms with Crippen LogP contribution in [0.15, 0.2) is 30.3 Å². The third-order valence-corrected chi connectivity index (χ3v) is 6.77. The van der Waals surface area contributed by atoms with Crippen LogP contribution in [0.1, 0.15) is 45.1 Å². The van der Waals surface area contributed by atoms with Crippen LogP contribution in [0.4, 0.5) is 0 Å². The van der Waals surface area contributed by atoms with Gasteiger partial charge in [0.15, 0.2) is 0 Å². The number of piperidine rings is 1. The van der Waals surface area contributed by atoms with E-state index >= 15 is 0 Å². The highest BCUT2D eigenvalue weighted by atomic mass is 16.5. The number of ether oxygens (including phenoxy) is 1. The van der Waals surface area contributed by atoms with Gasteiger partial charge in [0.25, 0.3) is 0 Å². The Morgan fingerprint density at radius 1 is 1.32 bits per heavy atom. The topological polar surface area (TPSA) is 41.6 Å². The van der Waals surface area contributed by atoms with Gasteiger partial charge in [0.2, 0.25) is 5.91 Å². The molecule has 1 amide bonds. The van der Waals surface area contributed by atoms with Gasteiger partial charge in [-0.25, -0.2) is 0 Å². The zero-order valence-corrected chi connectivity index (χ0v) is 15.4. The molecule has 2 bridgehead atoms. The summed E-state index contributed by atoms with van der Waals surface area (Å²) in [7, 11) is 0. The van der Waals surface area contributed by atoms with Gasteiger partial charge >= 0.3 is 0 Å². The summed E-state index contributed by atoms with van der Waals surface area (Å²) in [5, 5.41) is 3.94. The molecule has 0 unspecified atom stereocenters. The minimum atomic E-state index is 0.183. The van der Waals surface area contributed by atoms with Crippen molar-refractivity contribution < 1.29 is 9.53 Å². The number of carbonyl (C=O) groups excluding carboxylic acids is 1. The second kappa shape index (κ2) is 6.73. The van der Waals surface area contributed by atoms with Crippen LogP contribution >= 0.6 is 0 Å². The molecule has 5 atom stereocenters. The molecule has 1 saturated carbocycles. The maximum absolute atomic E-state index is 13.0. The molecule has 4 rings (SSSR count). The van der Waals surface area contributed by atoms with Crippen LogP contribution in [-0.4, -0.2) is 48.2 Å². The fraction of sp³-hybridized carbons (Fsp3) is 0.667. The average Bonchev–Trinajstić information content (AvgIpc) is 2.93. The van der Waals surface area contributed by atoms with Crippen molar-refractivity contribution in [2.75, 3.05) is 13.2 Å². The Hall–Kier alpha value is -1.39. The van der Waals surface area contributed by atoms with Crippen LogP contribution < -0.4 is 5.32 Å². The quantitative estimate of drug-likeness (QED) is 0.895. The Labute approximate surface area is 150 Å². The lowest BCUT2D eigenvalue weighted by atomic mass is 9.65. The summed E-state index contributed by atoms with van der Waals surface area (Å²) in [4.78, 5) is 15.2. The number of amides is 1. The highest BCUT2D eigenvalue weighted by molar-refractivity contribution is 5.79. The molecule has 4 nitrogen and oxygen atoms in total. The lowest BCUT2D eigenvalue weighted by molar-refractivity contribution is -0.140. The Bertz CT molecular complexity index is 620. The van der Waals surface area contributed by atoms with Crippen molar-refractivity contribution in [2.24, 2.45) is 5.41 Å². The lowest BCUT2D eigenvalue weighted by Gasteiger charge is -2.46. The number of hydrogen-bond acceptors (Lipinski definition) is 3. The third-order valence-electron chi connectivity index (χ3n) is 6.77. The molecule has 1 aromatic rings. The van der Waals surface area contributed by atoms with E-state index in [1.54, 1.807) is 0 Å². The molecule has 0 aromatic heterocycles. The normalized spacial score (nSPS) is 36.5. The summed E-state index contributed by atoms with van der Waals surface area (Å²) in [6.45, 7) is 5.17. The summed E-state index contributed by atoms with van der Waals surface area (Å²) >= 11 is 0. The van der Waals surface area contributed by atoms with Gasteiger partial charge in [0, 0.05) is 36.2 Å². The number of benzene rings is 1. The lowest BCUT2D eigenvalue weighted by Crippen LogP contribution is -2.58. The number of nitrogens with zero attached hydrogens (tertiary/aromatic N) is 1. The SMILES string of the molecule is CCOCC(=O)N1[C@H]2CCC[C@H]3N[C@H](Cc4ccccc4)[C@@H]1C[C@@]23C. The maximum atomic E-state index is 13.0. The second-order valence-corrected chi connectivity index (χ2v) is 8.18. The van der Waals surface area contributed by atoms with Gasteiger partial charge in [0.1, 0.15) is 6.61 Å². The van der Waals surface area contributed by atoms with E-state index < -0.39 is 0 Å². The first-order chi connectivity index (χ1) is 12.1. The van der Waals surface area contributed by atoms with E-state index in [1.807, 2.05) is 6.92 Å². The van der Waals surface area contributed by atoms with Gasteiger partial charge < -0.3 is 15.0 Å². The standard InChI is InChI=1S/C21H30N2O2/c1-3-25-14-20(24)23-17-13-21(2)18(10-7-11-19(21)23)22-16(17)12-15-8-5-4-6-9-15/h4-6,8-9,16-19,22H,3,7,10-14H2,1-2H3/t16-,17+,18-,19+,21-/m1/s1. The van der Waals surface area contributed by atoms with E-state index in [1.165, 1.54) is 18.4 Å². The van der Waals surface area contributed by atoms with Crippen molar-refractivity contribution >= 4 is 5.91 Å². The first-order valence-electron chi connectivity index (χ1n) is 9.82. The van der Waals surface area contributed by atoms with Gasteiger partial charge in [-0.05, 0) is 44.6 Å². The van der Waals surface area contributed by atoms with Crippen molar-refractivity contribution in [1.29, 1.82) is 0 Å². The molecule has 2 aliphatic heterocycles. The molecule has 1 N–H and O–H groups in total. The summed E-state index contributed by atoms with van der Waals surface area (Å²) in [5.74, 6) is 0.183. The number of fused-ring (bicyclic) bond motifs is 1. The Kier molecular flexibility index (Phi) is 4.59. The molecule has 136 valence electrons.